The summed E-state index contributed by atoms with van der Waals surface area (Å²) in [6, 6.07) is 7.59. The Hall–Kier alpha value is -2.07. The molecule has 0 aromatic heterocycles. The maximum Gasteiger partial charge on any atom is 0.257 e. The summed E-state index contributed by atoms with van der Waals surface area (Å²) in [7, 11) is 1.62. The number of nitrogens with one attached hydrogen (secondary N) is 1. The van der Waals surface area contributed by atoms with Crippen LogP contribution in [0.4, 0.5) is 0 Å². The summed E-state index contributed by atoms with van der Waals surface area (Å²) in [5.41, 5.74) is 3.03. The summed E-state index contributed by atoms with van der Waals surface area (Å²) in [6.07, 6.45) is 6.60. The predicted octanol–water partition coefficient (Wildman–Crippen LogP) is 1.25. The monoisotopic (exact) mass is 218 g/mol. The molecular formula is C12H14N2O2. The van der Waals surface area contributed by atoms with Crippen LogP contribution in [0.25, 0.3) is 6.08 Å². The highest BCUT2D eigenvalue weighted by molar-refractivity contribution is 5.87. The smallest absolute Gasteiger partial charge is 0.257 e. The SMILES string of the molecule is COc1ccc(/C=C/C=C/C(=O)NN)cc1. The van der Waals surface area contributed by atoms with E-state index in [0.29, 0.717) is 0 Å². The van der Waals surface area contributed by atoms with E-state index < -0.39 is 0 Å². The first-order valence-electron chi connectivity index (χ1n) is 4.75. The first kappa shape index (κ1) is 12.0. The largest absolute Gasteiger partial charge is 0.497 e. The lowest BCUT2D eigenvalue weighted by molar-refractivity contribution is -0.116. The number of hydrogen-bond donors (Lipinski definition) is 2. The van der Waals surface area contributed by atoms with Gasteiger partial charge in [0.25, 0.3) is 5.91 Å². The fourth-order valence-corrected chi connectivity index (χ4v) is 1.07. The van der Waals surface area contributed by atoms with Gasteiger partial charge in [0, 0.05) is 6.08 Å². The van der Waals surface area contributed by atoms with Crippen molar-refractivity contribution in [1.29, 1.82) is 0 Å². The maximum atomic E-state index is 10.7. The molecule has 3 N–H and O–H groups in total. The summed E-state index contributed by atoms with van der Waals surface area (Å²) in [5.74, 6) is 5.39. The van der Waals surface area contributed by atoms with E-state index in [1.165, 1.54) is 6.08 Å². The number of amides is 1. The van der Waals surface area contributed by atoms with E-state index in [9.17, 15) is 4.79 Å². The van der Waals surface area contributed by atoms with Gasteiger partial charge in [0.15, 0.2) is 0 Å². The van der Waals surface area contributed by atoms with Crippen LogP contribution in [0.15, 0.2) is 42.5 Å². The Morgan fingerprint density at radius 2 is 2.00 bits per heavy atom. The molecule has 1 amide bonds. The Bertz CT molecular complexity index is 394. The van der Waals surface area contributed by atoms with Crippen molar-refractivity contribution in [3.63, 3.8) is 0 Å². The van der Waals surface area contributed by atoms with Crippen molar-refractivity contribution >= 4 is 12.0 Å². The molecule has 0 spiro atoms. The number of methoxy groups -OCH3 is 1. The van der Waals surface area contributed by atoms with Gasteiger partial charge >= 0.3 is 0 Å². The molecule has 0 atom stereocenters. The van der Waals surface area contributed by atoms with Gasteiger partial charge in [0.2, 0.25) is 0 Å². The van der Waals surface area contributed by atoms with E-state index in [1.54, 1.807) is 19.3 Å². The second-order valence-corrected chi connectivity index (χ2v) is 3.00. The van der Waals surface area contributed by atoms with Crippen molar-refractivity contribution in [2.24, 2.45) is 5.84 Å². The number of ether oxygens (including phenoxy) is 1. The van der Waals surface area contributed by atoms with Crippen LogP contribution < -0.4 is 16.0 Å². The lowest BCUT2D eigenvalue weighted by Crippen LogP contribution is -2.27. The molecule has 0 bridgehead atoms. The molecule has 4 nitrogen and oxygen atoms in total. The lowest BCUT2D eigenvalue weighted by atomic mass is 10.2. The molecule has 0 saturated heterocycles. The van der Waals surface area contributed by atoms with Crippen LogP contribution in [0.5, 0.6) is 5.75 Å². The minimum Gasteiger partial charge on any atom is -0.497 e. The molecule has 0 saturated carbocycles. The number of allylic oxidation sites excluding steroid dienone is 2. The van der Waals surface area contributed by atoms with Crippen LogP contribution >= 0.6 is 0 Å². The standard InChI is InChI=1S/C12H14N2O2/c1-16-11-8-6-10(7-9-11)4-2-3-5-12(15)14-13/h2-9H,13H2,1H3,(H,14,15)/b4-2+,5-3+. The van der Waals surface area contributed by atoms with E-state index in [-0.39, 0.29) is 5.91 Å². The van der Waals surface area contributed by atoms with Gasteiger partial charge in [-0.3, -0.25) is 10.2 Å². The van der Waals surface area contributed by atoms with Crippen molar-refractivity contribution in [2.75, 3.05) is 7.11 Å². The Morgan fingerprint density at radius 1 is 1.31 bits per heavy atom. The number of rotatable bonds is 4. The molecule has 4 heteroatoms. The summed E-state index contributed by atoms with van der Waals surface area (Å²) < 4.78 is 5.04. The van der Waals surface area contributed by atoms with Crippen LogP contribution in [-0.2, 0) is 4.79 Å². The van der Waals surface area contributed by atoms with Crippen molar-refractivity contribution < 1.29 is 9.53 Å². The third kappa shape index (κ3) is 3.98. The van der Waals surface area contributed by atoms with Crippen molar-refractivity contribution in [3.05, 3.63) is 48.1 Å². The third-order valence-corrected chi connectivity index (χ3v) is 1.91. The van der Waals surface area contributed by atoms with Crippen LogP contribution in [0.1, 0.15) is 5.56 Å². The van der Waals surface area contributed by atoms with E-state index in [2.05, 4.69) is 0 Å². The highest BCUT2D eigenvalue weighted by Gasteiger charge is 1.89. The molecule has 0 aliphatic heterocycles. The number of carbonyl (C=O) groups excluding carboxylic acids is 1. The Labute approximate surface area is 94.4 Å². The van der Waals surface area contributed by atoms with Crippen molar-refractivity contribution in [1.82, 2.24) is 5.43 Å². The summed E-state index contributed by atoms with van der Waals surface area (Å²) >= 11 is 0. The summed E-state index contributed by atoms with van der Waals surface area (Å²) in [5, 5.41) is 0. The zero-order chi connectivity index (χ0) is 11.8. The quantitative estimate of drug-likeness (QED) is 0.263. The van der Waals surface area contributed by atoms with Gasteiger partial charge in [-0.25, -0.2) is 5.84 Å². The molecule has 84 valence electrons. The molecule has 0 aliphatic rings. The van der Waals surface area contributed by atoms with Crippen molar-refractivity contribution in [3.8, 4) is 5.75 Å². The molecule has 1 aromatic carbocycles. The average molecular weight is 218 g/mol. The van der Waals surface area contributed by atoms with Gasteiger partial charge in [-0.1, -0.05) is 30.4 Å². The fraction of sp³-hybridized carbons (Fsp3) is 0.0833. The molecule has 1 aromatic rings. The van der Waals surface area contributed by atoms with Gasteiger partial charge < -0.3 is 4.74 Å². The maximum absolute atomic E-state index is 10.7. The molecular weight excluding hydrogens is 204 g/mol. The second kappa shape index (κ2) is 6.42. The number of benzene rings is 1. The summed E-state index contributed by atoms with van der Waals surface area (Å²) in [6.45, 7) is 0. The minimum absolute atomic E-state index is 0.334. The number of hydrogen-bond acceptors (Lipinski definition) is 3. The number of hydrazine groups is 1. The molecule has 0 radical (unpaired) electrons. The van der Waals surface area contributed by atoms with Crippen molar-refractivity contribution in [2.45, 2.75) is 0 Å². The van der Waals surface area contributed by atoms with Crippen LogP contribution in [-0.4, -0.2) is 13.0 Å². The van der Waals surface area contributed by atoms with Crippen LogP contribution in [0, 0.1) is 0 Å². The van der Waals surface area contributed by atoms with E-state index in [4.69, 9.17) is 10.6 Å². The molecule has 0 unspecified atom stereocenters. The molecule has 1 rings (SSSR count). The van der Waals surface area contributed by atoms with E-state index >= 15 is 0 Å². The zero-order valence-corrected chi connectivity index (χ0v) is 9.01. The molecule has 0 heterocycles. The van der Waals surface area contributed by atoms with E-state index in [0.717, 1.165) is 11.3 Å². The lowest BCUT2D eigenvalue weighted by Gasteiger charge is -1.98. The summed E-state index contributed by atoms with van der Waals surface area (Å²) in [4.78, 5) is 10.7. The predicted molar refractivity (Wildman–Crippen MR) is 63.5 cm³/mol. The fourth-order valence-electron chi connectivity index (χ4n) is 1.07. The second-order valence-electron chi connectivity index (χ2n) is 3.00. The molecule has 0 fully saturated rings. The van der Waals surface area contributed by atoms with Gasteiger partial charge in [0.05, 0.1) is 7.11 Å². The normalized spacial score (nSPS) is 10.9. The highest BCUT2D eigenvalue weighted by atomic mass is 16.5. The molecule has 16 heavy (non-hydrogen) atoms. The highest BCUT2D eigenvalue weighted by Crippen LogP contribution is 2.12. The van der Waals surface area contributed by atoms with E-state index in [1.807, 2.05) is 35.8 Å². The Kier molecular flexibility index (Phi) is 4.82. The minimum atomic E-state index is -0.334. The van der Waals surface area contributed by atoms with Gasteiger partial charge in [-0.2, -0.15) is 0 Å². The first-order chi connectivity index (χ1) is 7.76. The topological polar surface area (TPSA) is 64.3 Å². The first-order valence-corrected chi connectivity index (χ1v) is 4.75. The van der Waals surface area contributed by atoms with Crippen LogP contribution in [0.3, 0.4) is 0 Å². The van der Waals surface area contributed by atoms with Gasteiger partial charge in [0.1, 0.15) is 5.75 Å². The molecule has 0 aliphatic carbocycles. The van der Waals surface area contributed by atoms with Gasteiger partial charge in [-0.15, -0.1) is 0 Å². The average Bonchev–Trinajstić information content (AvgIpc) is 2.35. The van der Waals surface area contributed by atoms with Crippen LogP contribution in [0.2, 0.25) is 0 Å². The van der Waals surface area contributed by atoms with Gasteiger partial charge in [-0.05, 0) is 17.7 Å². The Balaban J connectivity index is 2.56. The number of carbonyl (C=O) groups is 1. The Morgan fingerprint density at radius 3 is 2.56 bits per heavy atom. The number of nitrogens with two attached hydrogens (primary N) is 1. The third-order valence-electron chi connectivity index (χ3n) is 1.91. The zero-order valence-electron chi connectivity index (χ0n) is 9.01.